The second-order valence-corrected chi connectivity index (χ2v) is 6.86. The third kappa shape index (κ3) is 6.43. The van der Waals surface area contributed by atoms with Crippen molar-refractivity contribution in [2.45, 2.75) is 24.4 Å². The Hall–Kier alpha value is -1.70. The lowest BCUT2D eigenvalue weighted by Crippen LogP contribution is -2.04. The van der Waals surface area contributed by atoms with Crippen molar-refractivity contribution in [1.82, 2.24) is 9.97 Å². The third-order valence-corrected chi connectivity index (χ3v) is 4.89. The maximum Gasteiger partial charge on any atom is 0.416 e. The van der Waals surface area contributed by atoms with Crippen LogP contribution in [0.25, 0.3) is 10.9 Å². The van der Waals surface area contributed by atoms with Gasteiger partial charge in [0.2, 0.25) is 0 Å². The maximum absolute atomic E-state index is 12.8. The first-order chi connectivity index (χ1) is 12.4. The molecule has 0 N–H and O–H groups in total. The average Bonchev–Trinajstić information content (AvgIpc) is 2.62. The lowest BCUT2D eigenvalue weighted by atomic mass is 10.1. The van der Waals surface area contributed by atoms with E-state index < -0.39 is 11.7 Å². The molecule has 0 bridgehead atoms. The number of nitrogens with zero attached hydrogens (tertiary/aromatic N) is 2. The molecule has 0 radical (unpaired) electrons. The second-order valence-electron chi connectivity index (χ2n) is 5.72. The van der Waals surface area contributed by atoms with Crippen LogP contribution in [0.2, 0.25) is 0 Å². The quantitative estimate of drug-likeness (QED) is 0.323. The summed E-state index contributed by atoms with van der Waals surface area (Å²) < 4.78 is 44.1. The van der Waals surface area contributed by atoms with Crippen LogP contribution in [-0.4, -0.2) is 22.3 Å². The smallest absolute Gasteiger partial charge is 0.416 e. The molecule has 0 saturated carbocycles. The van der Waals surface area contributed by atoms with E-state index >= 15 is 0 Å². The molecule has 3 nitrogen and oxygen atoms in total. The molecule has 0 aliphatic heterocycles. The Bertz CT molecular complexity index is 892. The molecule has 0 atom stereocenters. The van der Waals surface area contributed by atoms with Crippen molar-refractivity contribution in [3.63, 3.8) is 0 Å². The van der Waals surface area contributed by atoms with Gasteiger partial charge in [-0.15, -0.1) is 36.6 Å². The van der Waals surface area contributed by atoms with Crippen LogP contribution in [0.3, 0.4) is 0 Å². The fourth-order valence-corrected chi connectivity index (χ4v) is 3.36. The van der Waals surface area contributed by atoms with Gasteiger partial charge in [-0.05, 0) is 43.7 Å². The number of halogens is 5. The minimum Gasteiger partial charge on any atom is -0.492 e. The first kappa shape index (κ1) is 24.3. The molecule has 1 aromatic carbocycles. The summed E-state index contributed by atoms with van der Waals surface area (Å²) in [6.45, 7) is 2.47. The number of aryl methyl sites for hydroxylation is 1. The summed E-state index contributed by atoms with van der Waals surface area (Å²) in [5.74, 6) is 1.52. The number of rotatable bonds is 6. The molecule has 0 fully saturated rings. The minimum absolute atomic E-state index is 0. The van der Waals surface area contributed by atoms with Gasteiger partial charge < -0.3 is 4.74 Å². The predicted molar refractivity (Wildman–Crippen MR) is 111 cm³/mol. The third-order valence-electron chi connectivity index (χ3n) is 3.73. The standard InChI is InChI=1S/C19H17F3N2OS.2ClH/c1-13-3-5-15(12-24-13)25-9-2-10-26-18-7-8-23-17-11-14(19(20,21)22)4-6-16(17)18;;/h3-8,11-12H,2,9-10H2,1H3;2*1H. The molecule has 0 spiro atoms. The number of fused-ring (bicyclic) bond motifs is 1. The Balaban J connectivity index is 0.00000196. The Kier molecular flexibility index (Phi) is 9.33. The molecule has 28 heavy (non-hydrogen) atoms. The summed E-state index contributed by atoms with van der Waals surface area (Å²) >= 11 is 1.58. The van der Waals surface area contributed by atoms with Gasteiger partial charge in [-0.25, -0.2) is 0 Å². The molecule has 152 valence electrons. The van der Waals surface area contributed by atoms with Crippen LogP contribution in [0.1, 0.15) is 17.7 Å². The molecular formula is C19H19Cl2F3N2OS. The Morgan fingerprint density at radius 2 is 1.82 bits per heavy atom. The molecule has 2 heterocycles. The maximum atomic E-state index is 12.8. The van der Waals surface area contributed by atoms with Gasteiger partial charge in [-0.2, -0.15) is 13.2 Å². The topological polar surface area (TPSA) is 35.0 Å². The van der Waals surface area contributed by atoms with E-state index in [9.17, 15) is 13.2 Å². The van der Waals surface area contributed by atoms with Crippen LogP contribution in [0.4, 0.5) is 13.2 Å². The van der Waals surface area contributed by atoms with E-state index in [1.165, 1.54) is 6.07 Å². The summed E-state index contributed by atoms with van der Waals surface area (Å²) in [6, 6.07) is 9.27. The van der Waals surface area contributed by atoms with E-state index in [2.05, 4.69) is 9.97 Å². The molecule has 3 aromatic rings. The average molecular weight is 451 g/mol. The van der Waals surface area contributed by atoms with Gasteiger partial charge in [-0.3, -0.25) is 9.97 Å². The first-order valence-electron chi connectivity index (χ1n) is 8.08. The summed E-state index contributed by atoms with van der Waals surface area (Å²) in [5, 5.41) is 0.731. The first-order valence-corrected chi connectivity index (χ1v) is 9.06. The molecule has 0 amide bonds. The number of thioether (sulfide) groups is 1. The fourth-order valence-electron chi connectivity index (χ4n) is 2.39. The molecule has 0 saturated heterocycles. The van der Waals surface area contributed by atoms with Crippen molar-refractivity contribution in [2.24, 2.45) is 0 Å². The molecule has 0 unspecified atom stereocenters. The summed E-state index contributed by atoms with van der Waals surface area (Å²) in [7, 11) is 0. The van der Waals surface area contributed by atoms with Crippen molar-refractivity contribution in [3.05, 3.63) is 60.0 Å². The normalized spacial score (nSPS) is 10.9. The highest BCUT2D eigenvalue weighted by atomic mass is 35.5. The number of alkyl halides is 3. The second kappa shape index (κ2) is 10.7. The van der Waals surface area contributed by atoms with E-state index in [0.717, 1.165) is 46.0 Å². The van der Waals surface area contributed by atoms with E-state index in [1.807, 2.05) is 25.1 Å². The van der Waals surface area contributed by atoms with E-state index in [4.69, 9.17) is 4.74 Å². The van der Waals surface area contributed by atoms with E-state index in [-0.39, 0.29) is 24.8 Å². The largest absolute Gasteiger partial charge is 0.492 e. The van der Waals surface area contributed by atoms with Gasteiger partial charge in [0.1, 0.15) is 5.75 Å². The Morgan fingerprint density at radius 3 is 2.50 bits per heavy atom. The number of aromatic nitrogens is 2. The van der Waals surface area contributed by atoms with Crippen LogP contribution in [0.5, 0.6) is 5.75 Å². The zero-order chi connectivity index (χ0) is 18.6. The van der Waals surface area contributed by atoms with Crippen molar-refractivity contribution in [1.29, 1.82) is 0 Å². The number of pyridine rings is 2. The summed E-state index contributed by atoms with van der Waals surface area (Å²) in [4.78, 5) is 9.15. The molecule has 3 rings (SSSR count). The Morgan fingerprint density at radius 1 is 1.04 bits per heavy atom. The zero-order valence-corrected chi connectivity index (χ0v) is 17.4. The summed E-state index contributed by atoms with van der Waals surface area (Å²) in [6.07, 6.45) is -0.319. The van der Waals surface area contributed by atoms with Gasteiger partial charge >= 0.3 is 6.18 Å². The molecule has 0 aliphatic carbocycles. The molecule has 9 heteroatoms. The van der Waals surface area contributed by atoms with Crippen molar-refractivity contribution < 1.29 is 17.9 Å². The zero-order valence-electron chi connectivity index (χ0n) is 14.9. The molecule has 2 aromatic heterocycles. The lowest BCUT2D eigenvalue weighted by molar-refractivity contribution is -0.137. The van der Waals surface area contributed by atoms with Crippen LogP contribution >= 0.6 is 36.6 Å². The van der Waals surface area contributed by atoms with Crippen LogP contribution in [0.15, 0.2) is 53.7 Å². The van der Waals surface area contributed by atoms with Gasteiger partial charge in [0, 0.05) is 27.9 Å². The van der Waals surface area contributed by atoms with Crippen molar-refractivity contribution in [2.75, 3.05) is 12.4 Å². The SMILES string of the molecule is Cc1ccc(OCCCSc2ccnc3cc(C(F)(F)F)ccc23)cn1.Cl.Cl. The van der Waals surface area contributed by atoms with Gasteiger partial charge in [0.25, 0.3) is 0 Å². The van der Waals surface area contributed by atoms with Gasteiger partial charge in [-0.1, -0.05) is 6.07 Å². The van der Waals surface area contributed by atoms with Crippen LogP contribution in [0, 0.1) is 6.92 Å². The van der Waals surface area contributed by atoms with E-state index in [1.54, 1.807) is 24.2 Å². The molecular weight excluding hydrogens is 432 g/mol. The number of hydrogen-bond donors (Lipinski definition) is 0. The minimum atomic E-state index is -4.36. The Labute approximate surface area is 177 Å². The van der Waals surface area contributed by atoms with Crippen LogP contribution < -0.4 is 4.74 Å². The molecule has 0 aliphatic rings. The highest BCUT2D eigenvalue weighted by Gasteiger charge is 2.30. The van der Waals surface area contributed by atoms with Gasteiger partial charge in [0.15, 0.2) is 0 Å². The highest BCUT2D eigenvalue weighted by Crippen LogP contribution is 2.33. The number of benzene rings is 1. The number of hydrogen-bond acceptors (Lipinski definition) is 4. The van der Waals surface area contributed by atoms with Crippen molar-refractivity contribution >= 4 is 47.5 Å². The summed E-state index contributed by atoms with van der Waals surface area (Å²) in [5.41, 5.74) is 0.609. The van der Waals surface area contributed by atoms with E-state index in [0.29, 0.717) is 12.1 Å². The predicted octanol–water partition coefficient (Wildman–Crippen LogP) is 6.36. The van der Waals surface area contributed by atoms with Crippen molar-refractivity contribution in [3.8, 4) is 5.75 Å². The number of ether oxygens (including phenoxy) is 1. The lowest BCUT2D eigenvalue weighted by Gasteiger charge is -2.10. The highest BCUT2D eigenvalue weighted by molar-refractivity contribution is 7.99. The fraction of sp³-hybridized carbons (Fsp3) is 0.263. The van der Waals surface area contributed by atoms with Gasteiger partial charge in [0.05, 0.1) is 23.9 Å². The monoisotopic (exact) mass is 450 g/mol. The van der Waals surface area contributed by atoms with Crippen LogP contribution in [-0.2, 0) is 6.18 Å².